The van der Waals surface area contributed by atoms with Gasteiger partial charge in [0.25, 0.3) is 0 Å². The summed E-state index contributed by atoms with van der Waals surface area (Å²) in [5.74, 6) is -0.783. The van der Waals surface area contributed by atoms with Crippen molar-refractivity contribution in [3.8, 4) is 0 Å². The van der Waals surface area contributed by atoms with Crippen LogP contribution in [0.2, 0.25) is 0 Å². The average molecular weight is 228 g/mol. The number of piperidine rings is 1. The van der Waals surface area contributed by atoms with Crippen molar-refractivity contribution in [3.05, 3.63) is 0 Å². The Morgan fingerprint density at radius 3 is 2.12 bits per heavy atom. The van der Waals surface area contributed by atoms with Crippen LogP contribution >= 0.6 is 0 Å². The summed E-state index contributed by atoms with van der Waals surface area (Å²) < 4.78 is 0. The molecule has 16 heavy (non-hydrogen) atoms. The van der Waals surface area contributed by atoms with Gasteiger partial charge in [-0.15, -0.1) is 0 Å². The lowest BCUT2D eigenvalue weighted by atomic mass is 9.79. The molecular formula is C12H24N2O2. The monoisotopic (exact) mass is 228 g/mol. The lowest BCUT2D eigenvalue weighted by Crippen LogP contribution is -2.62. The largest absolute Gasteiger partial charge is 0.480 e. The van der Waals surface area contributed by atoms with Crippen LogP contribution in [0.3, 0.4) is 0 Å². The fourth-order valence-electron chi connectivity index (χ4n) is 2.86. The van der Waals surface area contributed by atoms with E-state index >= 15 is 0 Å². The highest BCUT2D eigenvalue weighted by atomic mass is 16.4. The van der Waals surface area contributed by atoms with E-state index in [0.717, 1.165) is 12.8 Å². The zero-order valence-electron chi connectivity index (χ0n) is 10.9. The molecule has 0 aromatic rings. The number of carbonyl (C=O) groups is 1. The van der Waals surface area contributed by atoms with Crippen molar-refractivity contribution in [2.75, 3.05) is 0 Å². The van der Waals surface area contributed by atoms with Gasteiger partial charge in [-0.3, -0.25) is 4.79 Å². The topological polar surface area (TPSA) is 61.4 Å². The summed E-state index contributed by atoms with van der Waals surface area (Å²) in [4.78, 5) is 10.8. The van der Waals surface area contributed by atoms with E-state index in [1.165, 1.54) is 0 Å². The van der Waals surface area contributed by atoms with E-state index in [1.54, 1.807) is 6.92 Å². The Kier molecular flexibility index (Phi) is 3.65. The van der Waals surface area contributed by atoms with Gasteiger partial charge in [-0.1, -0.05) is 0 Å². The standard InChI is InChI=1S/C12H24N2O2/c1-8(10(15)16)13-9-6-11(2,3)14-12(4,5)7-9/h8-9,13-14H,6-7H2,1-5H3,(H,15,16). The molecule has 1 saturated heterocycles. The van der Waals surface area contributed by atoms with E-state index in [0.29, 0.717) is 0 Å². The van der Waals surface area contributed by atoms with Crippen LogP contribution in [-0.2, 0) is 4.79 Å². The minimum absolute atomic E-state index is 0.0532. The van der Waals surface area contributed by atoms with E-state index < -0.39 is 12.0 Å². The van der Waals surface area contributed by atoms with Crippen LogP contribution in [0.4, 0.5) is 0 Å². The molecule has 94 valence electrons. The first-order valence-electron chi connectivity index (χ1n) is 5.89. The van der Waals surface area contributed by atoms with E-state index in [9.17, 15) is 4.79 Å². The number of carboxylic acid groups (broad SMARTS) is 1. The molecule has 0 aliphatic carbocycles. The van der Waals surface area contributed by atoms with Gasteiger partial charge in [0.1, 0.15) is 6.04 Å². The average Bonchev–Trinajstić information content (AvgIpc) is 1.96. The molecule has 1 unspecified atom stereocenters. The minimum atomic E-state index is -0.783. The fraction of sp³-hybridized carbons (Fsp3) is 0.917. The lowest BCUT2D eigenvalue weighted by molar-refractivity contribution is -0.139. The zero-order valence-corrected chi connectivity index (χ0v) is 10.9. The summed E-state index contributed by atoms with van der Waals surface area (Å²) in [5, 5.41) is 15.7. The van der Waals surface area contributed by atoms with E-state index in [1.807, 2.05) is 0 Å². The number of rotatable bonds is 3. The van der Waals surface area contributed by atoms with Gasteiger partial charge in [-0.05, 0) is 47.5 Å². The third-order valence-electron chi connectivity index (χ3n) is 3.05. The molecule has 1 aliphatic rings. The Morgan fingerprint density at radius 1 is 1.31 bits per heavy atom. The van der Waals surface area contributed by atoms with Gasteiger partial charge in [0.05, 0.1) is 0 Å². The molecule has 0 saturated carbocycles. The first-order chi connectivity index (χ1) is 7.11. The molecule has 0 amide bonds. The molecule has 0 bridgehead atoms. The van der Waals surface area contributed by atoms with Crippen LogP contribution in [0.25, 0.3) is 0 Å². The molecule has 0 aromatic carbocycles. The number of hydrogen-bond donors (Lipinski definition) is 3. The van der Waals surface area contributed by atoms with E-state index in [4.69, 9.17) is 5.11 Å². The van der Waals surface area contributed by atoms with Crippen molar-refractivity contribution in [3.63, 3.8) is 0 Å². The molecule has 1 aliphatic heterocycles. The molecule has 4 heteroatoms. The Labute approximate surface area is 97.8 Å². The Bertz CT molecular complexity index is 258. The third-order valence-corrected chi connectivity index (χ3v) is 3.05. The number of hydrogen-bond acceptors (Lipinski definition) is 3. The lowest BCUT2D eigenvalue weighted by Gasteiger charge is -2.47. The van der Waals surface area contributed by atoms with Crippen molar-refractivity contribution in [2.45, 2.75) is 70.6 Å². The van der Waals surface area contributed by atoms with Crippen LogP contribution in [0.5, 0.6) is 0 Å². The number of nitrogens with one attached hydrogen (secondary N) is 2. The summed E-state index contributed by atoms with van der Waals surface area (Å²) in [5.41, 5.74) is 0.106. The molecule has 1 atom stereocenters. The first kappa shape index (κ1) is 13.5. The Balaban J connectivity index is 2.64. The smallest absolute Gasteiger partial charge is 0.320 e. The zero-order chi connectivity index (χ0) is 12.6. The molecule has 4 nitrogen and oxygen atoms in total. The quantitative estimate of drug-likeness (QED) is 0.682. The summed E-state index contributed by atoms with van der Waals surface area (Å²) in [6, 6.07) is -0.216. The number of carboxylic acids is 1. The van der Waals surface area contributed by atoms with Gasteiger partial charge in [0.2, 0.25) is 0 Å². The maximum Gasteiger partial charge on any atom is 0.320 e. The Morgan fingerprint density at radius 2 is 1.75 bits per heavy atom. The second-order valence-electron chi connectivity index (χ2n) is 6.22. The highest BCUT2D eigenvalue weighted by Crippen LogP contribution is 2.28. The molecular weight excluding hydrogens is 204 g/mol. The molecule has 0 aromatic heterocycles. The summed E-state index contributed by atoms with van der Waals surface area (Å²) >= 11 is 0. The molecule has 1 fully saturated rings. The van der Waals surface area contributed by atoms with Gasteiger partial charge in [-0.25, -0.2) is 0 Å². The maximum atomic E-state index is 10.8. The van der Waals surface area contributed by atoms with Crippen LogP contribution < -0.4 is 10.6 Å². The van der Waals surface area contributed by atoms with Crippen LogP contribution in [0.1, 0.15) is 47.5 Å². The third kappa shape index (κ3) is 3.76. The predicted molar refractivity (Wildman–Crippen MR) is 64.5 cm³/mol. The van der Waals surface area contributed by atoms with Gasteiger partial charge in [0.15, 0.2) is 0 Å². The van der Waals surface area contributed by atoms with Gasteiger partial charge in [0, 0.05) is 17.1 Å². The SMILES string of the molecule is CC(NC1CC(C)(C)NC(C)(C)C1)C(=O)O. The second kappa shape index (κ2) is 4.34. The molecule has 3 N–H and O–H groups in total. The summed E-state index contributed by atoms with van der Waals surface area (Å²) in [7, 11) is 0. The normalized spacial score (nSPS) is 26.3. The van der Waals surface area contributed by atoms with Crippen LogP contribution in [0, 0.1) is 0 Å². The van der Waals surface area contributed by atoms with Crippen LogP contribution in [-0.4, -0.2) is 34.2 Å². The molecule has 1 rings (SSSR count). The van der Waals surface area contributed by atoms with Crippen molar-refractivity contribution >= 4 is 5.97 Å². The molecule has 0 radical (unpaired) electrons. The summed E-state index contributed by atoms with van der Waals surface area (Å²) in [6.45, 7) is 10.3. The summed E-state index contributed by atoms with van der Waals surface area (Å²) in [6.07, 6.45) is 1.90. The fourth-order valence-corrected chi connectivity index (χ4v) is 2.86. The van der Waals surface area contributed by atoms with Gasteiger partial charge >= 0.3 is 5.97 Å². The Hall–Kier alpha value is -0.610. The van der Waals surface area contributed by atoms with Crippen molar-refractivity contribution < 1.29 is 9.90 Å². The highest BCUT2D eigenvalue weighted by molar-refractivity contribution is 5.72. The van der Waals surface area contributed by atoms with Crippen LogP contribution in [0.15, 0.2) is 0 Å². The van der Waals surface area contributed by atoms with E-state index in [2.05, 4.69) is 38.3 Å². The van der Waals surface area contributed by atoms with Gasteiger partial charge < -0.3 is 15.7 Å². The van der Waals surface area contributed by atoms with Crippen molar-refractivity contribution in [1.29, 1.82) is 0 Å². The van der Waals surface area contributed by atoms with Crippen molar-refractivity contribution in [2.24, 2.45) is 0 Å². The maximum absolute atomic E-state index is 10.8. The van der Waals surface area contributed by atoms with Crippen molar-refractivity contribution in [1.82, 2.24) is 10.6 Å². The predicted octanol–water partition coefficient (Wildman–Crippen LogP) is 1.36. The molecule has 0 spiro atoms. The second-order valence-corrected chi connectivity index (χ2v) is 6.22. The minimum Gasteiger partial charge on any atom is -0.480 e. The van der Waals surface area contributed by atoms with Gasteiger partial charge in [-0.2, -0.15) is 0 Å². The van der Waals surface area contributed by atoms with E-state index in [-0.39, 0.29) is 17.1 Å². The first-order valence-corrected chi connectivity index (χ1v) is 5.89. The molecule has 1 heterocycles. The number of aliphatic carboxylic acids is 1. The highest BCUT2D eigenvalue weighted by Gasteiger charge is 2.38.